The first kappa shape index (κ1) is 11.5. The van der Waals surface area contributed by atoms with Crippen molar-refractivity contribution in [2.75, 3.05) is 13.0 Å². The van der Waals surface area contributed by atoms with E-state index >= 15 is 0 Å². The summed E-state index contributed by atoms with van der Waals surface area (Å²) in [4.78, 5) is 11.9. The first-order chi connectivity index (χ1) is 7.72. The van der Waals surface area contributed by atoms with Crippen LogP contribution in [0.2, 0.25) is 0 Å². The predicted octanol–water partition coefficient (Wildman–Crippen LogP) is 2.57. The van der Waals surface area contributed by atoms with Gasteiger partial charge in [-0.15, -0.1) is 11.6 Å². The molecule has 1 aliphatic carbocycles. The van der Waals surface area contributed by atoms with Gasteiger partial charge in [-0.2, -0.15) is 0 Å². The summed E-state index contributed by atoms with van der Waals surface area (Å²) in [5, 5.41) is 0. The van der Waals surface area contributed by atoms with E-state index in [9.17, 15) is 4.79 Å². The third-order valence-corrected chi connectivity index (χ3v) is 3.56. The summed E-state index contributed by atoms with van der Waals surface area (Å²) >= 11 is 5.81. The first-order valence-corrected chi connectivity index (χ1v) is 5.96. The van der Waals surface area contributed by atoms with Gasteiger partial charge in [-0.1, -0.05) is 24.3 Å². The molecule has 0 N–H and O–H groups in total. The van der Waals surface area contributed by atoms with Gasteiger partial charge in [0.15, 0.2) is 0 Å². The highest BCUT2D eigenvalue weighted by Gasteiger charge is 2.44. The summed E-state index contributed by atoms with van der Waals surface area (Å²) in [6.45, 7) is 0. The number of fused-ring (bicyclic) bond motifs is 1. The number of hydrogen-bond acceptors (Lipinski definition) is 2. The van der Waals surface area contributed by atoms with Crippen LogP contribution in [0.5, 0.6) is 0 Å². The van der Waals surface area contributed by atoms with Crippen LogP contribution in [0.1, 0.15) is 17.5 Å². The highest BCUT2D eigenvalue weighted by atomic mass is 35.5. The molecule has 0 heterocycles. The Balaban J connectivity index is 2.30. The van der Waals surface area contributed by atoms with Gasteiger partial charge in [-0.05, 0) is 30.4 Å². The zero-order valence-corrected chi connectivity index (χ0v) is 10.1. The second-order valence-corrected chi connectivity index (χ2v) is 4.71. The molecule has 1 aromatic carbocycles. The largest absolute Gasteiger partial charge is 0.469 e. The van der Waals surface area contributed by atoms with Crippen molar-refractivity contribution in [3.8, 4) is 0 Å². The smallest absolute Gasteiger partial charge is 0.312 e. The van der Waals surface area contributed by atoms with E-state index in [4.69, 9.17) is 16.3 Å². The number of carbonyl (C=O) groups excluding carboxylic acids is 1. The number of halogens is 1. The molecule has 16 heavy (non-hydrogen) atoms. The summed E-state index contributed by atoms with van der Waals surface area (Å²) < 4.78 is 4.92. The average Bonchev–Trinajstić information content (AvgIpc) is 2.67. The minimum absolute atomic E-state index is 0.135. The SMILES string of the molecule is COC(=O)C1(CCCl)Cc2ccccc2C1. The Morgan fingerprint density at radius 3 is 2.38 bits per heavy atom. The third-order valence-electron chi connectivity index (χ3n) is 3.37. The Morgan fingerprint density at radius 2 is 1.94 bits per heavy atom. The molecule has 2 nitrogen and oxygen atoms in total. The van der Waals surface area contributed by atoms with Crippen molar-refractivity contribution in [2.45, 2.75) is 19.3 Å². The van der Waals surface area contributed by atoms with Gasteiger partial charge in [0.05, 0.1) is 12.5 Å². The molecule has 0 bridgehead atoms. The topological polar surface area (TPSA) is 26.3 Å². The van der Waals surface area contributed by atoms with Crippen LogP contribution in [-0.4, -0.2) is 19.0 Å². The van der Waals surface area contributed by atoms with E-state index in [2.05, 4.69) is 12.1 Å². The van der Waals surface area contributed by atoms with Gasteiger partial charge in [0, 0.05) is 5.88 Å². The minimum Gasteiger partial charge on any atom is -0.469 e. The average molecular weight is 239 g/mol. The van der Waals surface area contributed by atoms with Gasteiger partial charge >= 0.3 is 5.97 Å². The second kappa shape index (κ2) is 4.46. The standard InChI is InChI=1S/C13H15ClO2/c1-16-12(15)13(6-7-14)8-10-4-2-3-5-11(10)9-13/h2-5H,6-9H2,1H3. The van der Waals surface area contributed by atoms with E-state index in [1.165, 1.54) is 18.2 Å². The van der Waals surface area contributed by atoms with Crippen molar-refractivity contribution >= 4 is 17.6 Å². The van der Waals surface area contributed by atoms with Crippen molar-refractivity contribution in [1.82, 2.24) is 0 Å². The molecule has 0 aliphatic heterocycles. The van der Waals surface area contributed by atoms with Crippen molar-refractivity contribution in [2.24, 2.45) is 5.41 Å². The van der Waals surface area contributed by atoms with Gasteiger partial charge in [0.2, 0.25) is 0 Å². The fourth-order valence-electron chi connectivity index (χ4n) is 2.51. The van der Waals surface area contributed by atoms with E-state index in [0.29, 0.717) is 12.3 Å². The molecule has 0 unspecified atom stereocenters. The Hall–Kier alpha value is -1.02. The number of benzene rings is 1. The number of methoxy groups -OCH3 is 1. The van der Waals surface area contributed by atoms with E-state index in [1.54, 1.807) is 0 Å². The number of hydrogen-bond donors (Lipinski definition) is 0. The van der Waals surface area contributed by atoms with Crippen LogP contribution in [0.25, 0.3) is 0 Å². The van der Waals surface area contributed by atoms with Gasteiger partial charge in [0.1, 0.15) is 0 Å². The van der Waals surface area contributed by atoms with E-state index in [-0.39, 0.29) is 5.97 Å². The lowest BCUT2D eigenvalue weighted by Crippen LogP contribution is -2.33. The summed E-state index contributed by atoms with van der Waals surface area (Å²) in [5.74, 6) is 0.354. The molecule has 0 atom stereocenters. The number of alkyl halides is 1. The molecular weight excluding hydrogens is 224 g/mol. The van der Waals surface area contributed by atoms with Crippen molar-refractivity contribution in [3.63, 3.8) is 0 Å². The van der Waals surface area contributed by atoms with Crippen LogP contribution < -0.4 is 0 Å². The molecule has 0 saturated carbocycles. The predicted molar refractivity (Wildman–Crippen MR) is 63.6 cm³/mol. The molecule has 0 saturated heterocycles. The van der Waals surface area contributed by atoms with E-state index in [0.717, 1.165) is 12.8 Å². The fourth-order valence-corrected chi connectivity index (χ4v) is 2.88. The second-order valence-electron chi connectivity index (χ2n) is 4.33. The Morgan fingerprint density at radius 1 is 1.38 bits per heavy atom. The van der Waals surface area contributed by atoms with E-state index < -0.39 is 5.41 Å². The third kappa shape index (κ3) is 1.82. The molecule has 1 aromatic rings. The van der Waals surface area contributed by atoms with Gasteiger partial charge in [-0.3, -0.25) is 4.79 Å². The zero-order valence-electron chi connectivity index (χ0n) is 9.33. The first-order valence-electron chi connectivity index (χ1n) is 5.43. The van der Waals surface area contributed by atoms with Crippen LogP contribution in [-0.2, 0) is 22.4 Å². The summed E-state index contributed by atoms with van der Waals surface area (Å²) in [5.41, 5.74) is 2.07. The van der Waals surface area contributed by atoms with Crippen LogP contribution in [0.3, 0.4) is 0 Å². The quantitative estimate of drug-likeness (QED) is 0.598. The molecule has 0 amide bonds. The van der Waals surface area contributed by atoms with Gasteiger partial charge in [-0.25, -0.2) is 0 Å². The molecule has 2 rings (SSSR count). The highest BCUT2D eigenvalue weighted by molar-refractivity contribution is 6.18. The molecule has 0 radical (unpaired) electrons. The van der Waals surface area contributed by atoms with Crippen molar-refractivity contribution < 1.29 is 9.53 Å². The molecule has 0 spiro atoms. The minimum atomic E-state index is -0.430. The Kier molecular flexibility index (Phi) is 3.20. The van der Waals surface area contributed by atoms with Crippen LogP contribution in [0, 0.1) is 5.41 Å². The molecule has 3 heteroatoms. The lowest BCUT2D eigenvalue weighted by Gasteiger charge is -2.24. The summed E-state index contributed by atoms with van der Waals surface area (Å²) in [7, 11) is 1.45. The fraction of sp³-hybridized carbons (Fsp3) is 0.462. The summed E-state index contributed by atoms with van der Waals surface area (Å²) in [6.07, 6.45) is 2.18. The molecule has 1 aliphatic rings. The van der Waals surface area contributed by atoms with Crippen molar-refractivity contribution in [1.29, 1.82) is 0 Å². The number of esters is 1. The van der Waals surface area contributed by atoms with Gasteiger partial charge in [0.25, 0.3) is 0 Å². The normalized spacial score (nSPS) is 16.9. The lowest BCUT2D eigenvalue weighted by atomic mass is 9.82. The lowest BCUT2D eigenvalue weighted by molar-refractivity contribution is -0.152. The molecule has 0 fully saturated rings. The van der Waals surface area contributed by atoms with Gasteiger partial charge < -0.3 is 4.74 Å². The maximum absolute atomic E-state index is 11.9. The maximum Gasteiger partial charge on any atom is 0.312 e. The monoisotopic (exact) mass is 238 g/mol. The van der Waals surface area contributed by atoms with E-state index in [1.807, 2.05) is 12.1 Å². The molecular formula is C13H15ClO2. The maximum atomic E-state index is 11.9. The number of rotatable bonds is 3. The van der Waals surface area contributed by atoms with Crippen LogP contribution in [0.15, 0.2) is 24.3 Å². The van der Waals surface area contributed by atoms with Crippen molar-refractivity contribution in [3.05, 3.63) is 35.4 Å². The van der Waals surface area contributed by atoms with Crippen LogP contribution >= 0.6 is 11.6 Å². The number of carbonyl (C=O) groups is 1. The Bertz CT molecular complexity index is 376. The Labute approximate surface area is 101 Å². The van der Waals surface area contributed by atoms with Crippen LogP contribution in [0.4, 0.5) is 0 Å². The molecule has 0 aromatic heterocycles. The highest BCUT2D eigenvalue weighted by Crippen LogP contribution is 2.40. The number of ether oxygens (including phenoxy) is 1. The zero-order chi connectivity index (χ0) is 11.6. The summed E-state index contributed by atoms with van der Waals surface area (Å²) in [6, 6.07) is 8.17. The molecule has 86 valence electrons.